The van der Waals surface area contributed by atoms with Gasteiger partial charge in [-0.25, -0.2) is 9.37 Å². The third-order valence-corrected chi connectivity index (χ3v) is 2.97. The Bertz CT molecular complexity index is 734. The molecule has 96 valence electrons. The van der Waals surface area contributed by atoms with Gasteiger partial charge in [0, 0.05) is 11.8 Å². The maximum Gasteiger partial charge on any atom is 0.205 e. The molecule has 0 atom stereocenters. The van der Waals surface area contributed by atoms with Crippen LogP contribution in [0.4, 0.5) is 10.3 Å². The lowest BCUT2D eigenvalue weighted by Gasteiger charge is -2.07. The number of rotatable bonds is 2. The quantitative estimate of drug-likeness (QED) is 0.768. The molecule has 4 nitrogen and oxygen atoms in total. The predicted octanol–water partition coefficient (Wildman–Crippen LogP) is 2.76. The summed E-state index contributed by atoms with van der Waals surface area (Å²) >= 11 is 0. The number of aromatic nitrogens is 2. The van der Waals surface area contributed by atoms with Gasteiger partial charge in [0.2, 0.25) is 5.95 Å². The van der Waals surface area contributed by atoms with E-state index >= 15 is 0 Å². The zero-order chi connectivity index (χ0) is 13.4. The lowest BCUT2D eigenvalue weighted by molar-refractivity contribution is 0.415. The zero-order valence-corrected chi connectivity index (χ0v) is 10.3. The lowest BCUT2D eigenvalue weighted by Crippen LogP contribution is -2.00. The van der Waals surface area contributed by atoms with E-state index in [1.807, 2.05) is 24.3 Å². The van der Waals surface area contributed by atoms with Crippen molar-refractivity contribution in [2.45, 2.75) is 0 Å². The summed E-state index contributed by atoms with van der Waals surface area (Å²) in [7, 11) is 1.61. The minimum atomic E-state index is -0.327. The number of hydrogen-bond donors (Lipinski definition) is 1. The molecule has 0 aliphatic rings. The van der Waals surface area contributed by atoms with Crippen molar-refractivity contribution in [3.63, 3.8) is 0 Å². The Hall–Kier alpha value is -2.56. The molecule has 3 aromatic rings. The van der Waals surface area contributed by atoms with Crippen LogP contribution in [-0.4, -0.2) is 16.7 Å². The molecule has 0 saturated carbocycles. The summed E-state index contributed by atoms with van der Waals surface area (Å²) in [5, 5.41) is 0. The summed E-state index contributed by atoms with van der Waals surface area (Å²) in [4.78, 5) is 4.16. The summed E-state index contributed by atoms with van der Waals surface area (Å²) in [5.74, 6) is 0.760. The van der Waals surface area contributed by atoms with Crippen LogP contribution in [0.25, 0.3) is 16.7 Å². The molecule has 0 amide bonds. The highest BCUT2D eigenvalue weighted by Crippen LogP contribution is 2.24. The van der Waals surface area contributed by atoms with E-state index < -0.39 is 0 Å². The highest BCUT2D eigenvalue weighted by Gasteiger charge is 2.10. The van der Waals surface area contributed by atoms with E-state index in [1.165, 1.54) is 12.1 Å². The van der Waals surface area contributed by atoms with Crippen LogP contribution in [0.3, 0.4) is 0 Å². The first kappa shape index (κ1) is 11.5. The second-order valence-corrected chi connectivity index (χ2v) is 4.14. The standard InChI is InChI=1S/C14H12FN3O/c1-19-11-5-3-10(4-6-11)18-13-7-2-9(15)8-12(13)17-14(18)16/h2-8H,1H3,(H2,16,17). The van der Waals surface area contributed by atoms with Gasteiger partial charge >= 0.3 is 0 Å². The molecule has 0 spiro atoms. The molecule has 1 aromatic heterocycles. The SMILES string of the molecule is COc1ccc(-n2c(N)nc3cc(F)ccc32)cc1. The van der Waals surface area contributed by atoms with Gasteiger partial charge in [-0.05, 0) is 36.4 Å². The number of nitrogens with two attached hydrogens (primary N) is 1. The third-order valence-electron chi connectivity index (χ3n) is 2.97. The molecule has 0 aliphatic carbocycles. The fourth-order valence-electron chi connectivity index (χ4n) is 2.07. The molecule has 19 heavy (non-hydrogen) atoms. The summed E-state index contributed by atoms with van der Waals surface area (Å²) in [5.41, 5.74) is 8.06. The predicted molar refractivity (Wildman–Crippen MR) is 72.0 cm³/mol. The first-order chi connectivity index (χ1) is 9.19. The van der Waals surface area contributed by atoms with Gasteiger partial charge in [-0.3, -0.25) is 4.57 Å². The van der Waals surface area contributed by atoms with Gasteiger partial charge in [-0.1, -0.05) is 0 Å². The van der Waals surface area contributed by atoms with Crippen molar-refractivity contribution in [1.29, 1.82) is 0 Å². The highest BCUT2D eigenvalue weighted by molar-refractivity contribution is 5.80. The zero-order valence-electron chi connectivity index (χ0n) is 10.3. The van der Waals surface area contributed by atoms with Crippen molar-refractivity contribution in [1.82, 2.24) is 9.55 Å². The van der Waals surface area contributed by atoms with Gasteiger partial charge in [-0.2, -0.15) is 0 Å². The van der Waals surface area contributed by atoms with E-state index in [0.717, 1.165) is 17.0 Å². The smallest absolute Gasteiger partial charge is 0.205 e. The Balaban J connectivity index is 2.20. The molecule has 3 rings (SSSR count). The number of fused-ring (bicyclic) bond motifs is 1. The molecule has 2 aromatic carbocycles. The maximum atomic E-state index is 13.2. The van der Waals surface area contributed by atoms with Crippen LogP contribution in [0.1, 0.15) is 0 Å². The Morgan fingerprint density at radius 2 is 1.89 bits per heavy atom. The van der Waals surface area contributed by atoms with Gasteiger partial charge < -0.3 is 10.5 Å². The van der Waals surface area contributed by atoms with E-state index in [9.17, 15) is 4.39 Å². The van der Waals surface area contributed by atoms with Crippen LogP contribution in [0.5, 0.6) is 5.75 Å². The average molecular weight is 257 g/mol. The Morgan fingerprint density at radius 1 is 1.16 bits per heavy atom. The maximum absolute atomic E-state index is 13.2. The number of benzene rings is 2. The molecule has 2 N–H and O–H groups in total. The summed E-state index contributed by atoms with van der Waals surface area (Å²) < 4.78 is 20.1. The van der Waals surface area contributed by atoms with Crippen LogP contribution in [-0.2, 0) is 0 Å². The molecular weight excluding hydrogens is 245 g/mol. The van der Waals surface area contributed by atoms with Crippen molar-refractivity contribution in [2.75, 3.05) is 12.8 Å². The third kappa shape index (κ3) is 1.89. The van der Waals surface area contributed by atoms with Gasteiger partial charge in [0.05, 0.1) is 18.1 Å². The number of ether oxygens (including phenoxy) is 1. The van der Waals surface area contributed by atoms with Gasteiger partial charge in [0.1, 0.15) is 11.6 Å². The van der Waals surface area contributed by atoms with Crippen LogP contribution in [0.2, 0.25) is 0 Å². The minimum absolute atomic E-state index is 0.325. The van der Waals surface area contributed by atoms with Crippen LogP contribution < -0.4 is 10.5 Å². The van der Waals surface area contributed by atoms with Crippen molar-refractivity contribution in [3.8, 4) is 11.4 Å². The average Bonchev–Trinajstić information content (AvgIpc) is 2.74. The Kier molecular flexibility index (Phi) is 2.59. The van der Waals surface area contributed by atoms with Crippen molar-refractivity contribution >= 4 is 17.0 Å². The number of hydrogen-bond acceptors (Lipinski definition) is 3. The fraction of sp³-hybridized carbons (Fsp3) is 0.0714. The van der Waals surface area contributed by atoms with Gasteiger partial charge in [0.15, 0.2) is 0 Å². The number of halogens is 1. The number of nitrogen functional groups attached to an aromatic ring is 1. The fourth-order valence-corrected chi connectivity index (χ4v) is 2.07. The van der Waals surface area contributed by atoms with E-state index in [1.54, 1.807) is 17.7 Å². The number of anilines is 1. The van der Waals surface area contributed by atoms with Crippen molar-refractivity contribution in [2.24, 2.45) is 0 Å². The highest BCUT2D eigenvalue weighted by atomic mass is 19.1. The Labute approximate surface area is 109 Å². The van der Waals surface area contributed by atoms with Crippen LogP contribution in [0, 0.1) is 5.82 Å². The molecule has 0 aliphatic heterocycles. The molecule has 1 heterocycles. The number of methoxy groups -OCH3 is 1. The van der Waals surface area contributed by atoms with E-state index in [-0.39, 0.29) is 5.82 Å². The van der Waals surface area contributed by atoms with Crippen molar-refractivity contribution in [3.05, 3.63) is 48.3 Å². The van der Waals surface area contributed by atoms with Crippen LogP contribution >= 0.6 is 0 Å². The summed E-state index contributed by atoms with van der Waals surface area (Å²) in [6.07, 6.45) is 0. The van der Waals surface area contributed by atoms with E-state index in [4.69, 9.17) is 10.5 Å². The Morgan fingerprint density at radius 3 is 2.58 bits per heavy atom. The molecule has 0 bridgehead atoms. The second kappa shape index (κ2) is 4.28. The normalized spacial score (nSPS) is 10.8. The largest absolute Gasteiger partial charge is 0.497 e. The molecule has 0 unspecified atom stereocenters. The lowest BCUT2D eigenvalue weighted by atomic mass is 10.2. The van der Waals surface area contributed by atoms with E-state index in [2.05, 4.69) is 4.98 Å². The first-order valence-corrected chi connectivity index (χ1v) is 5.77. The second-order valence-electron chi connectivity index (χ2n) is 4.14. The minimum Gasteiger partial charge on any atom is -0.497 e. The van der Waals surface area contributed by atoms with Gasteiger partial charge in [-0.15, -0.1) is 0 Å². The number of imidazole rings is 1. The first-order valence-electron chi connectivity index (χ1n) is 5.77. The molecular formula is C14H12FN3O. The monoisotopic (exact) mass is 257 g/mol. The van der Waals surface area contributed by atoms with Crippen molar-refractivity contribution < 1.29 is 9.13 Å². The topological polar surface area (TPSA) is 53.1 Å². The summed E-state index contributed by atoms with van der Waals surface area (Å²) in [6.45, 7) is 0. The molecule has 0 saturated heterocycles. The van der Waals surface area contributed by atoms with E-state index in [0.29, 0.717) is 11.5 Å². The molecule has 5 heteroatoms. The summed E-state index contributed by atoms with van der Waals surface area (Å²) in [6, 6.07) is 11.8. The molecule has 0 fully saturated rings. The van der Waals surface area contributed by atoms with Crippen LogP contribution in [0.15, 0.2) is 42.5 Å². The number of nitrogens with zero attached hydrogens (tertiary/aromatic N) is 2. The molecule has 0 radical (unpaired) electrons. The van der Waals surface area contributed by atoms with Gasteiger partial charge in [0.25, 0.3) is 0 Å².